The lowest BCUT2D eigenvalue weighted by atomic mass is 10.1. The summed E-state index contributed by atoms with van der Waals surface area (Å²) in [5.41, 5.74) is 2.09. The summed E-state index contributed by atoms with van der Waals surface area (Å²) in [4.78, 5) is 18.4. The van der Waals surface area contributed by atoms with Crippen molar-refractivity contribution in [2.24, 2.45) is 0 Å². The number of carbonyl (C=O) groups is 1. The van der Waals surface area contributed by atoms with Crippen LogP contribution in [0.2, 0.25) is 0 Å². The van der Waals surface area contributed by atoms with E-state index in [0.717, 1.165) is 49.4 Å². The number of anilines is 5. The molecule has 1 aromatic heterocycles. The molecule has 0 radical (unpaired) electrons. The topological polar surface area (TPSA) is 82.1 Å². The molecule has 1 aliphatic rings. The van der Waals surface area contributed by atoms with Crippen molar-refractivity contribution in [1.29, 1.82) is 0 Å². The van der Waals surface area contributed by atoms with Crippen LogP contribution in [0.1, 0.15) is 21.5 Å². The SMILES string of the molecule is CNC(=O)c1ccccc1Nc1cc(Nc2ccc(N3CC[OH+]CC3)cc2C)ncc1C(F)(F)F. The van der Waals surface area contributed by atoms with Crippen LogP contribution in [-0.4, -0.2) is 49.0 Å². The molecule has 0 atom stereocenters. The quantitative estimate of drug-likeness (QED) is 0.444. The van der Waals surface area contributed by atoms with Crippen LogP contribution >= 0.6 is 0 Å². The van der Waals surface area contributed by atoms with Gasteiger partial charge in [0.2, 0.25) is 0 Å². The first-order valence-corrected chi connectivity index (χ1v) is 11.2. The molecule has 1 aliphatic heterocycles. The number of hydrogen-bond acceptors (Lipinski definition) is 5. The molecule has 0 saturated carbocycles. The highest BCUT2D eigenvalue weighted by Gasteiger charge is 2.34. The second-order valence-corrected chi connectivity index (χ2v) is 8.14. The number of halogens is 3. The molecule has 1 fully saturated rings. The van der Waals surface area contributed by atoms with E-state index >= 15 is 0 Å². The molecule has 4 rings (SSSR count). The minimum Gasteiger partial charge on any atom is -0.431 e. The third-order valence-electron chi connectivity index (χ3n) is 5.77. The number of morpholine rings is 1. The summed E-state index contributed by atoms with van der Waals surface area (Å²) in [6.07, 6.45) is -3.85. The zero-order valence-electron chi connectivity index (χ0n) is 19.4. The highest BCUT2D eigenvalue weighted by Crippen LogP contribution is 2.38. The van der Waals surface area contributed by atoms with Crippen molar-refractivity contribution in [3.63, 3.8) is 0 Å². The number of pyridine rings is 1. The number of nitrogens with zero attached hydrogens (tertiary/aromatic N) is 2. The molecule has 0 unspecified atom stereocenters. The highest BCUT2D eigenvalue weighted by atomic mass is 19.4. The Hall–Kier alpha value is -3.79. The molecule has 2 heterocycles. The second-order valence-electron chi connectivity index (χ2n) is 8.14. The number of para-hydroxylation sites is 1. The summed E-state index contributed by atoms with van der Waals surface area (Å²) in [7, 11) is 1.46. The van der Waals surface area contributed by atoms with Gasteiger partial charge in [0, 0.05) is 30.7 Å². The number of rotatable bonds is 6. The number of aromatic nitrogens is 1. The van der Waals surface area contributed by atoms with E-state index in [4.69, 9.17) is 0 Å². The van der Waals surface area contributed by atoms with Crippen molar-refractivity contribution in [1.82, 2.24) is 10.3 Å². The number of hydrogen-bond donors (Lipinski definition) is 3. The Morgan fingerprint density at radius 1 is 1.00 bits per heavy atom. The van der Waals surface area contributed by atoms with E-state index in [2.05, 4.69) is 30.6 Å². The van der Waals surface area contributed by atoms with Gasteiger partial charge in [-0.2, -0.15) is 13.2 Å². The van der Waals surface area contributed by atoms with Crippen LogP contribution in [0.15, 0.2) is 54.7 Å². The van der Waals surface area contributed by atoms with Gasteiger partial charge in [-0.05, 0) is 42.8 Å². The first-order chi connectivity index (χ1) is 16.8. The van der Waals surface area contributed by atoms with Crippen LogP contribution in [-0.2, 0) is 6.18 Å². The maximum Gasteiger partial charge on any atom is 0.419 e. The average Bonchev–Trinajstić information content (AvgIpc) is 2.85. The molecule has 0 bridgehead atoms. The molecule has 35 heavy (non-hydrogen) atoms. The van der Waals surface area contributed by atoms with E-state index in [0.29, 0.717) is 0 Å². The predicted octanol–water partition coefficient (Wildman–Crippen LogP) is 4.60. The second kappa shape index (κ2) is 10.2. The van der Waals surface area contributed by atoms with E-state index in [-0.39, 0.29) is 22.8 Å². The van der Waals surface area contributed by atoms with Gasteiger partial charge >= 0.3 is 6.18 Å². The fourth-order valence-electron chi connectivity index (χ4n) is 3.91. The zero-order chi connectivity index (χ0) is 25.0. The van der Waals surface area contributed by atoms with Gasteiger partial charge in [0.1, 0.15) is 5.82 Å². The van der Waals surface area contributed by atoms with E-state index in [1.165, 1.54) is 19.2 Å². The molecule has 7 nitrogen and oxygen atoms in total. The minimum atomic E-state index is -4.63. The minimum absolute atomic E-state index is 0.210. The monoisotopic (exact) mass is 486 g/mol. The molecule has 2 aromatic carbocycles. The van der Waals surface area contributed by atoms with Crippen LogP contribution in [0.3, 0.4) is 0 Å². The number of aryl methyl sites for hydroxylation is 1. The van der Waals surface area contributed by atoms with Crippen molar-refractivity contribution in [3.05, 3.63) is 71.4 Å². The normalized spacial score (nSPS) is 13.9. The van der Waals surface area contributed by atoms with Gasteiger partial charge in [0.25, 0.3) is 5.91 Å². The van der Waals surface area contributed by atoms with Crippen LogP contribution in [0, 0.1) is 6.92 Å². The first-order valence-electron chi connectivity index (χ1n) is 11.2. The zero-order valence-corrected chi connectivity index (χ0v) is 19.4. The Balaban J connectivity index is 1.63. The largest absolute Gasteiger partial charge is 0.431 e. The van der Waals surface area contributed by atoms with Crippen LogP contribution in [0.25, 0.3) is 0 Å². The summed E-state index contributed by atoms with van der Waals surface area (Å²) >= 11 is 0. The Bertz CT molecular complexity index is 1210. The Morgan fingerprint density at radius 2 is 1.74 bits per heavy atom. The van der Waals surface area contributed by atoms with Crippen LogP contribution < -0.4 is 20.9 Å². The van der Waals surface area contributed by atoms with Crippen LogP contribution in [0.5, 0.6) is 0 Å². The van der Waals surface area contributed by atoms with Crippen molar-refractivity contribution < 1.29 is 22.7 Å². The van der Waals surface area contributed by atoms with E-state index < -0.39 is 17.6 Å². The van der Waals surface area contributed by atoms with Crippen LogP contribution in [0.4, 0.5) is 41.7 Å². The number of amides is 1. The molecule has 3 aromatic rings. The summed E-state index contributed by atoms with van der Waals surface area (Å²) in [6.45, 7) is 5.25. The molecule has 4 N–H and O–H groups in total. The van der Waals surface area contributed by atoms with E-state index in [1.54, 1.807) is 18.2 Å². The lowest BCUT2D eigenvalue weighted by molar-refractivity contribution is -0.137. The molecule has 1 saturated heterocycles. The molecular weight excluding hydrogens is 459 g/mol. The lowest BCUT2D eigenvalue weighted by Gasteiger charge is -2.27. The van der Waals surface area contributed by atoms with Crippen molar-refractivity contribution >= 4 is 34.5 Å². The van der Waals surface area contributed by atoms with Gasteiger partial charge in [0.05, 0.1) is 35.6 Å². The number of alkyl halides is 3. The summed E-state index contributed by atoms with van der Waals surface area (Å²) in [5, 5.41) is 8.40. The van der Waals surface area contributed by atoms with Gasteiger partial charge < -0.3 is 25.6 Å². The number of carbonyl (C=O) groups excluding carboxylic acids is 1. The summed E-state index contributed by atoms with van der Waals surface area (Å²) in [5.74, 6) is -0.169. The average molecular weight is 487 g/mol. The third-order valence-corrected chi connectivity index (χ3v) is 5.77. The molecule has 0 spiro atoms. The van der Waals surface area contributed by atoms with Gasteiger partial charge in [0.15, 0.2) is 13.2 Å². The standard InChI is InChI=1S/C25H26F3N5O2/c1-16-13-17(33-9-11-35-12-10-33)7-8-20(16)32-23-14-22(19(15-30-23)25(26,27)28)31-21-6-4-3-5-18(21)24(34)29-2/h3-8,13-15H,9-12H2,1-2H3,(H,29,34)(H2,30,31,32)/p+1. The lowest BCUT2D eigenvalue weighted by Crippen LogP contribution is -2.38. The molecule has 184 valence electrons. The number of benzene rings is 2. The summed E-state index contributed by atoms with van der Waals surface area (Å²) in [6, 6.07) is 13.6. The van der Waals surface area contributed by atoms with Gasteiger partial charge in [-0.25, -0.2) is 4.98 Å². The molecule has 1 amide bonds. The van der Waals surface area contributed by atoms with Gasteiger partial charge in [-0.15, -0.1) is 0 Å². The third kappa shape index (κ3) is 5.65. The van der Waals surface area contributed by atoms with Crippen molar-refractivity contribution in [2.75, 3.05) is 48.9 Å². The van der Waals surface area contributed by atoms with E-state index in [1.807, 2.05) is 25.1 Å². The Labute approximate surface area is 201 Å². The van der Waals surface area contributed by atoms with E-state index in [9.17, 15) is 18.0 Å². The Morgan fingerprint density at radius 3 is 2.43 bits per heavy atom. The molecule has 0 aliphatic carbocycles. The predicted molar refractivity (Wildman–Crippen MR) is 131 cm³/mol. The van der Waals surface area contributed by atoms with Crippen molar-refractivity contribution in [3.8, 4) is 0 Å². The number of ether oxygens (including phenoxy) is 1. The molecular formula is C25H27F3N5O2+. The maximum atomic E-state index is 13.7. The van der Waals surface area contributed by atoms with Gasteiger partial charge in [-0.3, -0.25) is 4.79 Å². The smallest absolute Gasteiger partial charge is 0.419 e. The molecule has 10 heteroatoms. The fraction of sp³-hybridized carbons (Fsp3) is 0.280. The van der Waals surface area contributed by atoms with Gasteiger partial charge in [-0.1, -0.05) is 12.1 Å². The number of aliphatic hydroxyl groups is 2. The Kier molecular flexibility index (Phi) is 7.11. The summed E-state index contributed by atoms with van der Waals surface area (Å²) < 4.78 is 45.5. The maximum absolute atomic E-state index is 13.7. The first kappa shape index (κ1) is 24.3. The highest BCUT2D eigenvalue weighted by molar-refractivity contribution is 6.00. The van der Waals surface area contributed by atoms with Crippen molar-refractivity contribution in [2.45, 2.75) is 13.1 Å². The number of nitrogens with one attached hydrogen (secondary N) is 3. The fourth-order valence-corrected chi connectivity index (χ4v) is 3.91.